The van der Waals surface area contributed by atoms with E-state index < -0.39 is 0 Å². The molecule has 22 heavy (non-hydrogen) atoms. The highest BCUT2D eigenvalue weighted by Gasteiger charge is 2.20. The second kappa shape index (κ2) is 6.98. The van der Waals surface area contributed by atoms with Crippen LogP contribution in [0.1, 0.15) is 16.3 Å². The third-order valence-electron chi connectivity index (χ3n) is 3.45. The van der Waals surface area contributed by atoms with E-state index in [0.29, 0.717) is 31.2 Å². The number of hydrogen-bond acceptors (Lipinski definition) is 4. The number of hydrogen-bond donors (Lipinski definition) is 1. The number of carbonyl (C=O) groups is 1. The second-order valence-corrected chi connectivity index (χ2v) is 5.97. The van der Waals surface area contributed by atoms with E-state index >= 15 is 0 Å². The van der Waals surface area contributed by atoms with Crippen LogP contribution in [0.15, 0.2) is 45.3 Å². The van der Waals surface area contributed by atoms with Crippen LogP contribution in [-0.4, -0.2) is 37.0 Å². The number of piperazine rings is 1. The zero-order chi connectivity index (χ0) is 15.4. The Balaban J connectivity index is 1.60. The molecule has 6 heteroatoms. The van der Waals surface area contributed by atoms with Crippen LogP contribution in [0.2, 0.25) is 0 Å². The highest BCUT2D eigenvalue weighted by Crippen LogP contribution is 2.19. The SMILES string of the molecule is O=C(c1ccc(COc2cccc(Br)c2)o1)N1CCNCC1. The van der Waals surface area contributed by atoms with Gasteiger partial charge in [-0.25, -0.2) is 0 Å². The summed E-state index contributed by atoms with van der Waals surface area (Å²) in [6, 6.07) is 11.1. The maximum atomic E-state index is 12.3. The minimum Gasteiger partial charge on any atom is -0.486 e. The van der Waals surface area contributed by atoms with Crippen LogP contribution in [0.4, 0.5) is 0 Å². The zero-order valence-corrected chi connectivity index (χ0v) is 13.6. The van der Waals surface area contributed by atoms with Crippen molar-refractivity contribution in [2.75, 3.05) is 26.2 Å². The number of furan rings is 1. The van der Waals surface area contributed by atoms with E-state index in [-0.39, 0.29) is 5.91 Å². The van der Waals surface area contributed by atoms with E-state index in [1.807, 2.05) is 24.3 Å². The summed E-state index contributed by atoms with van der Waals surface area (Å²) in [6.07, 6.45) is 0. The lowest BCUT2D eigenvalue weighted by Gasteiger charge is -2.26. The summed E-state index contributed by atoms with van der Waals surface area (Å²) in [4.78, 5) is 14.1. The van der Waals surface area contributed by atoms with Crippen molar-refractivity contribution in [2.45, 2.75) is 6.61 Å². The van der Waals surface area contributed by atoms with Gasteiger partial charge in [-0.05, 0) is 30.3 Å². The van der Waals surface area contributed by atoms with Gasteiger partial charge >= 0.3 is 0 Å². The fraction of sp³-hybridized carbons (Fsp3) is 0.312. The van der Waals surface area contributed by atoms with E-state index in [2.05, 4.69) is 21.2 Å². The highest BCUT2D eigenvalue weighted by molar-refractivity contribution is 9.10. The standard InChI is InChI=1S/C16H17BrN2O3/c17-12-2-1-3-13(10-12)21-11-14-4-5-15(22-14)16(20)19-8-6-18-7-9-19/h1-5,10,18H,6-9,11H2. The van der Waals surface area contributed by atoms with Crippen molar-refractivity contribution < 1.29 is 13.9 Å². The van der Waals surface area contributed by atoms with Gasteiger partial charge in [0.1, 0.15) is 18.1 Å². The molecule has 0 aliphatic carbocycles. The lowest BCUT2D eigenvalue weighted by atomic mass is 10.3. The smallest absolute Gasteiger partial charge is 0.289 e. The molecule has 1 N–H and O–H groups in total. The molecule has 0 spiro atoms. The molecule has 2 aromatic rings. The first kappa shape index (κ1) is 15.1. The van der Waals surface area contributed by atoms with Gasteiger partial charge in [-0.3, -0.25) is 4.79 Å². The van der Waals surface area contributed by atoms with Crippen LogP contribution in [0, 0.1) is 0 Å². The molecule has 0 unspecified atom stereocenters. The maximum absolute atomic E-state index is 12.3. The Bertz CT molecular complexity index is 650. The minimum absolute atomic E-state index is 0.0600. The van der Waals surface area contributed by atoms with Gasteiger partial charge in [0, 0.05) is 30.7 Å². The molecule has 1 aromatic heterocycles. The molecule has 1 saturated heterocycles. The lowest BCUT2D eigenvalue weighted by molar-refractivity contribution is 0.0699. The third-order valence-corrected chi connectivity index (χ3v) is 3.95. The van der Waals surface area contributed by atoms with Gasteiger partial charge in [0.15, 0.2) is 5.76 Å². The van der Waals surface area contributed by atoms with E-state index in [9.17, 15) is 4.79 Å². The van der Waals surface area contributed by atoms with E-state index in [1.54, 1.807) is 17.0 Å². The van der Waals surface area contributed by atoms with Crippen molar-refractivity contribution in [1.29, 1.82) is 0 Å². The molecule has 0 radical (unpaired) electrons. The van der Waals surface area contributed by atoms with Crippen molar-refractivity contribution >= 4 is 21.8 Å². The van der Waals surface area contributed by atoms with Crippen molar-refractivity contribution in [3.8, 4) is 5.75 Å². The lowest BCUT2D eigenvalue weighted by Crippen LogP contribution is -2.46. The van der Waals surface area contributed by atoms with E-state index in [0.717, 1.165) is 23.3 Å². The van der Waals surface area contributed by atoms with Gasteiger partial charge < -0.3 is 19.4 Å². The van der Waals surface area contributed by atoms with Gasteiger partial charge in [0.2, 0.25) is 0 Å². The van der Waals surface area contributed by atoms with Crippen molar-refractivity contribution in [3.05, 3.63) is 52.4 Å². The first-order valence-corrected chi connectivity index (χ1v) is 7.99. The minimum atomic E-state index is -0.0600. The third kappa shape index (κ3) is 3.69. The Morgan fingerprint density at radius 1 is 1.27 bits per heavy atom. The van der Waals surface area contributed by atoms with Crippen LogP contribution in [0.25, 0.3) is 0 Å². The average Bonchev–Trinajstić information content (AvgIpc) is 3.02. The van der Waals surface area contributed by atoms with Crippen LogP contribution in [-0.2, 0) is 6.61 Å². The van der Waals surface area contributed by atoms with Crippen LogP contribution >= 0.6 is 15.9 Å². The Kier molecular flexibility index (Phi) is 4.80. The number of carbonyl (C=O) groups excluding carboxylic acids is 1. The van der Waals surface area contributed by atoms with Crippen molar-refractivity contribution in [3.63, 3.8) is 0 Å². The van der Waals surface area contributed by atoms with Crippen molar-refractivity contribution in [2.24, 2.45) is 0 Å². The predicted octanol–water partition coefficient (Wildman–Crippen LogP) is 2.67. The zero-order valence-electron chi connectivity index (χ0n) is 12.0. The summed E-state index contributed by atoms with van der Waals surface area (Å²) in [5.41, 5.74) is 0. The summed E-state index contributed by atoms with van der Waals surface area (Å²) < 4.78 is 12.2. The molecular formula is C16H17BrN2O3. The molecule has 1 aliphatic rings. The number of halogens is 1. The van der Waals surface area contributed by atoms with Crippen LogP contribution in [0.3, 0.4) is 0 Å². The monoisotopic (exact) mass is 364 g/mol. The molecule has 1 amide bonds. The number of ether oxygens (including phenoxy) is 1. The normalized spacial score (nSPS) is 14.9. The Hall–Kier alpha value is -1.79. The summed E-state index contributed by atoms with van der Waals surface area (Å²) in [5.74, 6) is 1.70. The Morgan fingerprint density at radius 2 is 2.09 bits per heavy atom. The first-order chi connectivity index (χ1) is 10.7. The number of amides is 1. The largest absolute Gasteiger partial charge is 0.486 e. The van der Waals surface area contributed by atoms with Crippen LogP contribution in [0.5, 0.6) is 5.75 Å². The summed E-state index contributed by atoms with van der Waals surface area (Å²) in [6.45, 7) is 3.37. The number of rotatable bonds is 4. The number of benzene rings is 1. The molecule has 3 rings (SSSR count). The summed E-state index contributed by atoms with van der Waals surface area (Å²) >= 11 is 3.40. The molecular weight excluding hydrogens is 348 g/mol. The molecule has 2 heterocycles. The molecule has 0 saturated carbocycles. The van der Waals surface area contributed by atoms with Gasteiger partial charge in [-0.15, -0.1) is 0 Å². The molecule has 1 aromatic carbocycles. The van der Waals surface area contributed by atoms with Crippen molar-refractivity contribution in [1.82, 2.24) is 10.2 Å². The summed E-state index contributed by atoms with van der Waals surface area (Å²) in [7, 11) is 0. The van der Waals surface area contributed by atoms with Gasteiger partial charge in [-0.2, -0.15) is 0 Å². The predicted molar refractivity (Wildman–Crippen MR) is 86.0 cm³/mol. The maximum Gasteiger partial charge on any atom is 0.289 e. The summed E-state index contributed by atoms with van der Waals surface area (Å²) in [5, 5.41) is 3.22. The fourth-order valence-corrected chi connectivity index (χ4v) is 2.68. The highest BCUT2D eigenvalue weighted by atomic mass is 79.9. The van der Waals surface area contributed by atoms with Gasteiger partial charge in [0.25, 0.3) is 5.91 Å². The topological polar surface area (TPSA) is 54.7 Å². The molecule has 1 fully saturated rings. The fourth-order valence-electron chi connectivity index (χ4n) is 2.31. The second-order valence-electron chi connectivity index (χ2n) is 5.05. The van der Waals surface area contributed by atoms with E-state index in [4.69, 9.17) is 9.15 Å². The van der Waals surface area contributed by atoms with Crippen LogP contribution < -0.4 is 10.1 Å². The first-order valence-electron chi connectivity index (χ1n) is 7.19. The molecule has 0 bridgehead atoms. The average molecular weight is 365 g/mol. The van der Waals surface area contributed by atoms with Gasteiger partial charge in [-0.1, -0.05) is 22.0 Å². The number of nitrogens with one attached hydrogen (secondary N) is 1. The molecule has 5 nitrogen and oxygen atoms in total. The quantitative estimate of drug-likeness (QED) is 0.905. The van der Waals surface area contributed by atoms with E-state index in [1.165, 1.54) is 0 Å². The molecule has 116 valence electrons. The molecule has 0 atom stereocenters. The molecule has 1 aliphatic heterocycles. The Morgan fingerprint density at radius 3 is 2.86 bits per heavy atom. The number of nitrogens with zero attached hydrogens (tertiary/aromatic N) is 1. The Labute approximate surface area is 137 Å². The van der Waals surface area contributed by atoms with Gasteiger partial charge in [0.05, 0.1) is 0 Å².